The predicted octanol–water partition coefficient (Wildman–Crippen LogP) is 6.25. The van der Waals surface area contributed by atoms with E-state index in [9.17, 15) is 0 Å². The molecule has 0 amide bonds. The number of piperidine rings is 1. The van der Waals surface area contributed by atoms with Gasteiger partial charge in [0, 0.05) is 35.0 Å². The minimum absolute atomic E-state index is 0.0509. The van der Waals surface area contributed by atoms with Gasteiger partial charge < -0.3 is 14.2 Å². The third-order valence-corrected chi connectivity index (χ3v) is 11.2. The Morgan fingerprint density at radius 3 is 2.69 bits per heavy atom. The van der Waals surface area contributed by atoms with E-state index >= 15 is 0 Å². The molecular formula is C33H32N2O. The van der Waals surface area contributed by atoms with Gasteiger partial charge >= 0.3 is 0 Å². The first-order valence-corrected chi connectivity index (χ1v) is 13.7. The first-order valence-electron chi connectivity index (χ1n) is 13.7. The number of aryl methyl sites for hydroxylation is 2. The summed E-state index contributed by atoms with van der Waals surface area (Å²) in [7, 11) is 4.67. The molecule has 3 aliphatic carbocycles. The molecule has 1 aromatic heterocycles. The number of rotatable bonds is 0. The summed E-state index contributed by atoms with van der Waals surface area (Å²) in [6, 6.07) is 19.1. The van der Waals surface area contributed by atoms with Crippen LogP contribution in [0.5, 0.6) is 5.75 Å². The number of likely N-dealkylation sites (tertiary alicyclic amines) is 1. The monoisotopic (exact) mass is 472 g/mol. The molecule has 0 radical (unpaired) electrons. The maximum atomic E-state index is 7.20. The average Bonchev–Trinajstić information content (AvgIpc) is 3.50. The van der Waals surface area contributed by atoms with Crippen molar-refractivity contribution in [1.29, 1.82) is 0 Å². The second-order valence-electron chi connectivity index (χ2n) is 12.5. The predicted molar refractivity (Wildman–Crippen MR) is 144 cm³/mol. The molecule has 0 saturated carbocycles. The largest absolute Gasteiger partial charge is 0.483 e. The molecule has 1 saturated heterocycles. The smallest absolute Gasteiger partial charge is 0.149 e. The number of hydrogen-bond acceptors (Lipinski definition) is 2. The highest BCUT2D eigenvalue weighted by Crippen LogP contribution is 2.71. The second kappa shape index (κ2) is 6.08. The van der Waals surface area contributed by atoms with Gasteiger partial charge in [-0.3, -0.25) is 0 Å². The zero-order chi connectivity index (χ0) is 24.1. The van der Waals surface area contributed by atoms with Crippen molar-refractivity contribution in [3.63, 3.8) is 0 Å². The van der Waals surface area contributed by atoms with E-state index in [0.29, 0.717) is 6.04 Å². The van der Waals surface area contributed by atoms with Crippen molar-refractivity contribution in [3.05, 3.63) is 87.6 Å². The van der Waals surface area contributed by atoms with Gasteiger partial charge in [-0.1, -0.05) is 55.5 Å². The van der Waals surface area contributed by atoms with Crippen LogP contribution in [0.25, 0.3) is 22.0 Å². The summed E-state index contributed by atoms with van der Waals surface area (Å²) in [6.07, 6.45) is 4.56. The number of fused-ring (bicyclic) bond motifs is 8. The van der Waals surface area contributed by atoms with E-state index in [-0.39, 0.29) is 16.9 Å². The molecule has 4 aromatic rings. The molecule has 3 heterocycles. The molecule has 9 rings (SSSR count). The number of aromatic nitrogens is 1. The van der Waals surface area contributed by atoms with E-state index in [0.717, 1.165) is 25.8 Å². The van der Waals surface area contributed by atoms with Crippen LogP contribution in [0.1, 0.15) is 58.5 Å². The molecule has 3 aromatic carbocycles. The lowest BCUT2D eigenvalue weighted by molar-refractivity contribution is -0.0912. The van der Waals surface area contributed by atoms with Gasteiger partial charge in [0.2, 0.25) is 0 Å². The van der Waals surface area contributed by atoms with E-state index in [1.54, 1.807) is 5.56 Å². The minimum atomic E-state index is 0.0509. The van der Waals surface area contributed by atoms with Crippen LogP contribution < -0.4 is 4.74 Å². The van der Waals surface area contributed by atoms with Crippen molar-refractivity contribution >= 4 is 10.9 Å². The van der Waals surface area contributed by atoms with Crippen LogP contribution >= 0.6 is 0 Å². The van der Waals surface area contributed by atoms with Crippen molar-refractivity contribution < 1.29 is 4.74 Å². The van der Waals surface area contributed by atoms with Crippen LogP contribution in [0.3, 0.4) is 0 Å². The van der Waals surface area contributed by atoms with Crippen molar-refractivity contribution in [2.45, 2.75) is 57.1 Å². The zero-order valence-electron chi connectivity index (χ0n) is 21.6. The molecular weight excluding hydrogens is 440 g/mol. The molecule has 0 unspecified atom stereocenters. The molecule has 2 aliphatic heterocycles. The normalized spacial score (nSPS) is 30.6. The molecule has 36 heavy (non-hydrogen) atoms. The number of likely N-dealkylation sites (N-methyl/N-ethyl adjacent to an activating group) is 1. The van der Waals surface area contributed by atoms with E-state index in [2.05, 4.69) is 85.9 Å². The Bertz CT molecular complexity index is 1680. The van der Waals surface area contributed by atoms with Crippen LogP contribution in [0.4, 0.5) is 0 Å². The van der Waals surface area contributed by atoms with Crippen LogP contribution in [-0.2, 0) is 31.7 Å². The van der Waals surface area contributed by atoms with Crippen LogP contribution in [-0.4, -0.2) is 29.1 Å². The molecule has 1 spiro atoms. The van der Waals surface area contributed by atoms with E-state index in [1.807, 2.05) is 0 Å². The molecule has 4 atom stereocenters. The fourth-order valence-electron chi connectivity index (χ4n) is 9.61. The summed E-state index contributed by atoms with van der Waals surface area (Å²) in [5.41, 5.74) is 14.8. The average molecular weight is 473 g/mol. The van der Waals surface area contributed by atoms with Gasteiger partial charge in [0.05, 0.1) is 16.6 Å². The Labute approximate surface area is 212 Å². The lowest BCUT2D eigenvalue weighted by atomic mass is 9.44. The SMILES string of the molecule is Cc1ccc2c3c1O[C@H]1c4c(c5ccc6c(c5n4C)-c4ccccc4C6)C[C@@]4(C)[C@@H](C2)N(C)CC[C@]314. The summed E-state index contributed by atoms with van der Waals surface area (Å²) in [6.45, 7) is 6.00. The quantitative estimate of drug-likeness (QED) is 0.265. The van der Waals surface area contributed by atoms with Crippen molar-refractivity contribution in [2.75, 3.05) is 13.6 Å². The number of nitrogens with zero attached hydrogens (tertiary/aromatic N) is 2. The molecule has 0 N–H and O–H groups in total. The van der Waals surface area contributed by atoms with Crippen LogP contribution in [0.15, 0.2) is 48.5 Å². The van der Waals surface area contributed by atoms with E-state index in [1.165, 1.54) is 67.7 Å². The first-order chi connectivity index (χ1) is 17.4. The standard InChI is InChI=1S/C33H32N2O/c1-18-9-10-21-16-25-32(2)17-24-23-12-11-20-15-19-7-5-6-8-22(19)26(20)28(23)35(4)29(24)31-33(32,13-14-34(25)3)27(21)30(18)36-31/h5-12,25,31H,13-17H2,1-4H3/t25-,31+,32+,33+/m1/s1. The highest BCUT2D eigenvalue weighted by atomic mass is 16.5. The Morgan fingerprint density at radius 1 is 0.972 bits per heavy atom. The fourth-order valence-corrected chi connectivity index (χ4v) is 9.61. The highest BCUT2D eigenvalue weighted by Gasteiger charge is 2.70. The van der Waals surface area contributed by atoms with Crippen molar-refractivity contribution in [3.8, 4) is 16.9 Å². The van der Waals surface area contributed by atoms with E-state index < -0.39 is 0 Å². The summed E-state index contributed by atoms with van der Waals surface area (Å²) >= 11 is 0. The number of ether oxygens (including phenoxy) is 1. The van der Waals surface area contributed by atoms with Gasteiger partial charge in [0.1, 0.15) is 11.9 Å². The lowest BCUT2D eigenvalue weighted by Crippen LogP contribution is -2.68. The fraction of sp³-hybridized carbons (Fsp3) is 0.394. The Balaban J connectivity index is 1.40. The highest BCUT2D eigenvalue weighted by molar-refractivity contribution is 6.02. The van der Waals surface area contributed by atoms with Gasteiger partial charge in [-0.2, -0.15) is 0 Å². The molecule has 3 nitrogen and oxygen atoms in total. The van der Waals surface area contributed by atoms with Crippen LogP contribution in [0, 0.1) is 12.3 Å². The number of hydrogen-bond donors (Lipinski definition) is 0. The number of benzene rings is 3. The van der Waals surface area contributed by atoms with Crippen molar-refractivity contribution in [2.24, 2.45) is 12.5 Å². The molecule has 180 valence electrons. The van der Waals surface area contributed by atoms with Crippen LogP contribution in [0.2, 0.25) is 0 Å². The molecule has 1 fully saturated rings. The van der Waals surface area contributed by atoms with Gasteiger partial charge in [0.15, 0.2) is 0 Å². The zero-order valence-corrected chi connectivity index (χ0v) is 21.6. The van der Waals surface area contributed by atoms with Gasteiger partial charge in [-0.15, -0.1) is 0 Å². The topological polar surface area (TPSA) is 17.4 Å². The third-order valence-electron chi connectivity index (χ3n) is 11.2. The minimum Gasteiger partial charge on any atom is -0.483 e. The summed E-state index contributed by atoms with van der Waals surface area (Å²) in [5.74, 6) is 1.19. The van der Waals surface area contributed by atoms with E-state index in [4.69, 9.17) is 4.74 Å². The second-order valence-corrected chi connectivity index (χ2v) is 12.5. The maximum Gasteiger partial charge on any atom is 0.149 e. The third kappa shape index (κ3) is 1.93. The molecule has 5 aliphatic rings. The Morgan fingerprint density at radius 2 is 1.81 bits per heavy atom. The summed E-state index contributed by atoms with van der Waals surface area (Å²) in [5, 5.41) is 1.45. The van der Waals surface area contributed by atoms with Crippen molar-refractivity contribution in [1.82, 2.24) is 9.47 Å². The van der Waals surface area contributed by atoms with Gasteiger partial charge in [-0.25, -0.2) is 0 Å². The van der Waals surface area contributed by atoms with Gasteiger partial charge in [0.25, 0.3) is 0 Å². The molecule has 2 bridgehead atoms. The molecule has 3 heteroatoms. The Hall–Kier alpha value is -3.04. The summed E-state index contributed by atoms with van der Waals surface area (Å²) < 4.78 is 9.75. The first kappa shape index (κ1) is 20.1. The van der Waals surface area contributed by atoms with Gasteiger partial charge in [-0.05, 0) is 79.6 Å². The summed E-state index contributed by atoms with van der Waals surface area (Å²) in [4.78, 5) is 2.66. The Kier molecular flexibility index (Phi) is 3.39. The lowest BCUT2D eigenvalue weighted by Gasteiger charge is -2.64. The maximum absolute atomic E-state index is 7.20.